The molecule has 0 bridgehead atoms. The molecular formula is C21H21ClFN3O2. The van der Waals surface area contributed by atoms with Crippen LogP contribution in [0.15, 0.2) is 48.5 Å². The SMILES string of the molecule is O=C([C@H]1CC(=O)N(c2ccccc2F)C1)N1CCN(c2ccccc2Cl)CC1. The second-order valence-corrected chi connectivity index (χ2v) is 7.53. The summed E-state index contributed by atoms with van der Waals surface area (Å²) in [6.45, 7) is 2.76. The first-order valence-corrected chi connectivity index (χ1v) is 9.75. The monoisotopic (exact) mass is 401 g/mol. The molecule has 4 rings (SSSR count). The average Bonchev–Trinajstić information content (AvgIpc) is 3.10. The average molecular weight is 402 g/mol. The van der Waals surface area contributed by atoms with Gasteiger partial charge in [0.25, 0.3) is 0 Å². The van der Waals surface area contributed by atoms with Crippen molar-refractivity contribution >= 4 is 34.8 Å². The topological polar surface area (TPSA) is 43.9 Å². The number of benzene rings is 2. The third-order valence-corrected chi connectivity index (χ3v) is 5.72. The van der Waals surface area contributed by atoms with Crippen LogP contribution in [0.2, 0.25) is 5.02 Å². The van der Waals surface area contributed by atoms with Gasteiger partial charge < -0.3 is 14.7 Å². The van der Waals surface area contributed by atoms with E-state index in [1.165, 1.54) is 11.0 Å². The molecule has 7 heteroatoms. The number of amides is 2. The standard InChI is InChI=1S/C21H21ClFN3O2/c22-16-5-1-3-7-18(16)24-9-11-25(12-10-24)21(28)15-13-20(27)26(14-15)19-8-4-2-6-17(19)23/h1-8,15H,9-14H2/t15-/m0/s1. The highest BCUT2D eigenvalue weighted by atomic mass is 35.5. The zero-order valence-electron chi connectivity index (χ0n) is 15.4. The van der Waals surface area contributed by atoms with Crippen molar-refractivity contribution in [2.24, 2.45) is 5.92 Å². The lowest BCUT2D eigenvalue weighted by Crippen LogP contribution is -2.50. The van der Waals surface area contributed by atoms with Crippen LogP contribution in [0, 0.1) is 11.7 Å². The molecule has 0 unspecified atom stereocenters. The summed E-state index contributed by atoms with van der Waals surface area (Å²) in [5.74, 6) is -1.12. The van der Waals surface area contributed by atoms with E-state index in [1.54, 1.807) is 23.1 Å². The molecule has 146 valence electrons. The normalized spacial score (nSPS) is 20.0. The fraction of sp³-hybridized carbons (Fsp3) is 0.333. The maximum Gasteiger partial charge on any atom is 0.228 e. The van der Waals surface area contributed by atoms with Crippen LogP contribution in [0.1, 0.15) is 6.42 Å². The molecule has 2 heterocycles. The van der Waals surface area contributed by atoms with Crippen molar-refractivity contribution in [2.45, 2.75) is 6.42 Å². The Morgan fingerprint density at radius 1 is 0.964 bits per heavy atom. The molecule has 2 saturated heterocycles. The third kappa shape index (κ3) is 3.56. The Labute approximate surface area is 168 Å². The van der Waals surface area contributed by atoms with E-state index in [4.69, 9.17) is 11.6 Å². The van der Waals surface area contributed by atoms with Crippen molar-refractivity contribution in [1.82, 2.24) is 4.90 Å². The molecule has 0 N–H and O–H groups in total. The quantitative estimate of drug-likeness (QED) is 0.793. The van der Waals surface area contributed by atoms with E-state index in [1.807, 2.05) is 24.3 Å². The van der Waals surface area contributed by atoms with Gasteiger partial charge in [-0.1, -0.05) is 35.9 Å². The number of nitrogens with zero attached hydrogens (tertiary/aromatic N) is 3. The van der Waals surface area contributed by atoms with Crippen molar-refractivity contribution < 1.29 is 14.0 Å². The minimum absolute atomic E-state index is 0.0361. The number of anilines is 2. The highest BCUT2D eigenvalue weighted by Gasteiger charge is 2.38. The Balaban J connectivity index is 1.39. The van der Waals surface area contributed by atoms with Gasteiger partial charge in [0.15, 0.2) is 0 Å². The number of halogens is 2. The van der Waals surface area contributed by atoms with Crippen molar-refractivity contribution in [3.05, 3.63) is 59.4 Å². The van der Waals surface area contributed by atoms with Gasteiger partial charge in [-0.15, -0.1) is 0 Å². The van der Waals surface area contributed by atoms with Crippen LogP contribution in [0.3, 0.4) is 0 Å². The Morgan fingerprint density at radius 2 is 1.61 bits per heavy atom. The Bertz CT molecular complexity index is 899. The van der Waals surface area contributed by atoms with E-state index in [0.717, 1.165) is 5.69 Å². The van der Waals surface area contributed by atoms with Gasteiger partial charge in [-0.3, -0.25) is 9.59 Å². The van der Waals surface area contributed by atoms with Gasteiger partial charge in [-0.2, -0.15) is 0 Å². The van der Waals surface area contributed by atoms with Crippen LogP contribution in [0.25, 0.3) is 0 Å². The third-order valence-electron chi connectivity index (χ3n) is 5.40. The van der Waals surface area contributed by atoms with E-state index in [9.17, 15) is 14.0 Å². The van der Waals surface area contributed by atoms with E-state index >= 15 is 0 Å². The van der Waals surface area contributed by atoms with Crippen LogP contribution < -0.4 is 9.80 Å². The summed E-state index contributed by atoms with van der Waals surface area (Å²) in [5.41, 5.74) is 1.21. The molecule has 0 aliphatic carbocycles. The molecule has 2 aliphatic rings. The summed E-state index contributed by atoms with van der Waals surface area (Å²) in [4.78, 5) is 30.6. The van der Waals surface area contributed by atoms with Gasteiger partial charge in [0.2, 0.25) is 11.8 Å². The fourth-order valence-electron chi connectivity index (χ4n) is 3.91. The van der Waals surface area contributed by atoms with E-state index in [-0.39, 0.29) is 30.5 Å². The van der Waals surface area contributed by atoms with Gasteiger partial charge in [-0.25, -0.2) is 4.39 Å². The van der Waals surface area contributed by atoms with Crippen molar-refractivity contribution in [3.63, 3.8) is 0 Å². The van der Waals surface area contributed by atoms with Crippen LogP contribution in [0.5, 0.6) is 0 Å². The number of para-hydroxylation sites is 2. The second kappa shape index (κ2) is 7.80. The molecule has 2 aromatic rings. The van der Waals surface area contributed by atoms with Crippen molar-refractivity contribution in [2.75, 3.05) is 42.5 Å². The predicted octanol–water partition coefficient (Wildman–Crippen LogP) is 3.18. The Morgan fingerprint density at radius 3 is 2.29 bits per heavy atom. The fourth-order valence-corrected chi connectivity index (χ4v) is 4.17. The largest absolute Gasteiger partial charge is 0.367 e. The molecule has 0 aromatic heterocycles. The lowest BCUT2D eigenvalue weighted by atomic mass is 10.1. The van der Waals surface area contributed by atoms with Gasteiger partial charge in [0.1, 0.15) is 5.82 Å². The lowest BCUT2D eigenvalue weighted by molar-refractivity contribution is -0.136. The van der Waals surface area contributed by atoms with Gasteiger partial charge in [0.05, 0.1) is 22.3 Å². The summed E-state index contributed by atoms with van der Waals surface area (Å²) >= 11 is 6.27. The second-order valence-electron chi connectivity index (χ2n) is 7.12. The molecule has 0 saturated carbocycles. The van der Waals surface area contributed by atoms with Gasteiger partial charge in [0, 0.05) is 39.1 Å². The first-order valence-electron chi connectivity index (χ1n) is 9.38. The van der Waals surface area contributed by atoms with Crippen molar-refractivity contribution in [3.8, 4) is 0 Å². The zero-order chi connectivity index (χ0) is 19.7. The van der Waals surface area contributed by atoms with Crippen molar-refractivity contribution in [1.29, 1.82) is 0 Å². The van der Waals surface area contributed by atoms with Crippen LogP contribution in [-0.2, 0) is 9.59 Å². The Hall–Kier alpha value is -2.60. The van der Waals surface area contributed by atoms with Crippen LogP contribution in [-0.4, -0.2) is 49.4 Å². The number of hydrogen-bond donors (Lipinski definition) is 0. The highest BCUT2D eigenvalue weighted by molar-refractivity contribution is 6.33. The number of carbonyl (C=O) groups excluding carboxylic acids is 2. The van der Waals surface area contributed by atoms with E-state index in [2.05, 4.69) is 4.90 Å². The minimum atomic E-state index is -0.447. The zero-order valence-corrected chi connectivity index (χ0v) is 16.1. The summed E-state index contributed by atoms with van der Waals surface area (Å²) in [7, 11) is 0. The summed E-state index contributed by atoms with van der Waals surface area (Å²) in [6.07, 6.45) is 0.123. The maximum atomic E-state index is 14.0. The molecule has 0 spiro atoms. The first-order chi connectivity index (χ1) is 13.5. The maximum absolute atomic E-state index is 14.0. The number of rotatable bonds is 3. The van der Waals surface area contributed by atoms with Crippen LogP contribution >= 0.6 is 11.6 Å². The van der Waals surface area contributed by atoms with Gasteiger partial charge in [-0.05, 0) is 24.3 Å². The van der Waals surface area contributed by atoms with Gasteiger partial charge >= 0.3 is 0 Å². The van der Waals surface area contributed by atoms with E-state index in [0.29, 0.717) is 31.2 Å². The summed E-state index contributed by atoms with van der Waals surface area (Å²) in [5, 5.41) is 0.698. The number of hydrogen-bond acceptors (Lipinski definition) is 3. The number of piperazine rings is 1. The molecule has 28 heavy (non-hydrogen) atoms. The molecule has 0 radical (unpaired) electrons. The Kier molecular flexibility index (Phi) is 5.22. The molecule has 2 aliphatic heterocycles. The molecule has 2 aromatic carbocycles. The van der Waals surface area contributed by atoms with Crippen LogP contribution in [0.4, 0.5) is 15.8 Å². The molecule has 2 amide bonds. The highest BCUT2D eigenvalue weighted by Crippen LogP contribution is 2.30. The molecule has 5 nitrogen and oxygen atoms in total. The van der Waals surface area contributed by atoms with E-state index < -0.39 is 11.7 Å². The minimum Gasteiger partial charge on any atom is -0.367 e. The predicted molar refractivity (Wildman–Crippen MR) is 107 cm³/mol. The summed E-state index contributed by atoms with van der Waals surface area (Å²) < 4.78 is 14.0. The molecular weight excluding hydrogens is 381 g/mol. The lowest BCUT2D eigenvalue weighted by Gasteiger charge is -2.37. The molecule has 1 atom stereocenters. The summed E-state index contributed by atoms with van der Waals surface area (Å²) in [6, 6.07) is 13.8. The number of carbonyl (C=O) groups is 2. The first kappa shape index (κ1) is 18.7. The molecule has 2 fully saturated rings. The smallest absolute Gasteiger partial charge is 0.228 e.